The molecule has 0 aliphatic carbocycles. The van der Waals surface area contributed by atoms with Crippen LogP contribution in [0.2, 0.25) is 0 Å². The molecule has 0 bridgehead atoms. The number of nitro groups is 1. The van der Waals surface area contributed by atoms with E-state index in [0.29, 0.717) is 18.2 Å². The second-order valence-electron chi connectivity index (χ2n) is 5.64. The molecule has 0 amide bonds. The zero-order valence-corrected chi connectivity index (χ0v) is 12.5. The van der Waals surface area contributed by atoms with E-state index in [9.17, 15) is 14.9 Å². The average molecular weight is 291 g/mol. The number of carbonyl (C=O) groups is 1. The van der Waals surface area contributed by atoms with E-state index in [1.165, 1.54) is 12.1 Å². The number of piperazine rings is 1. The predicted molar refractivity (Wildman–Crippen MR) is 80.6 cm³/mol. The molecule has 6 heteroatoms. The number of benzene rings is 1. The predicted octanol–water partition coefficient (Wildman–Crippen LogP) is 1.80. The Bertz CT molecular complexity index is 523. The lowest BCUT2D eigenvalue weighted by molar-refractivity contribution is -0.384. The number of non-ortho nitro benzene ring substituents is 1. The molecule has 1 fully saturated rings. The van der Waals surface area contributed by atoms with Crippen LogP contribution < -0.4 is 0 Å². The quantitative estimate of drug-likeness (QED) is 0.470. The van der Waals surface area contributed by atoms with Gasteiger partial charge in [-0.1, -0.05) is 12.1 Å². The lowest BCUT2D eigenvalue weighted by Crippen LogP contribution is -2.50. The zero-order valence-electron chi connectivity index (χ0n) is 12.5. The van der Waals surface area contributed by atoms with Gasteiger partial charge in [0, 0.05) is 49.9 Å². The van der Waals surface area contributed by atoms with Gasteiger partial charge in [-0.15, -0.1) is 0 Å². The minimum absolute atomic E-state index is 0.0366. The molecule has 1 aliphatic heterocycles. The third-order valence-corrected chi connectivity index (χ3v) is 3.88. The molecule has 0 radical (unpaired) electrons. The van der Waals surface area contributed by atoms with Crippen LogP contribution in [-0.4, -0.2) is 59.3 Å². The van der Waals surface area contributed by atoms with Crippen LogP contribution >= 0.6 is 0 Å². The van der Waals surface area contributed by atoms with Crippen molar-refractivity contribution in [2.75, 3.05) is 32.7 Å². The van der Waals surface area contributed by atoms with Crippen molar-refractivity contribution >= 4 is 11.5 Å². The van der Waals surface area contributed by atoms with Crippen molar-refractivity contribution in [3.8, 4) is 0 Å². The van der Waals surface area contributed by atoms with E-state index in [2.05, 4.69) is 23.6 Å². The summed E-state index contributed by atoms with van der Waals surface area (Å²) in [5.74, 6) is -0.0586. The molecule has 0 saturated carbocycles. The number of Topliss-reactive ketones (excluding diaryl/α,β-unsaturated/α-hetero) is 1. The fraction of sp³-hybridized carbons (Fsp3) is 0.533. The lowest BCUT2D eigenvalue weighted by atomic mass is 10.1. The normalized spacial score (nSPS) is 17.1. The van der Waals surface area contributed by atoms with Crippen molar-refractivity contribution in [1.82, 2.24) is 9.80 Å². The summed E-state index contributed by atoms with van der Waals surface area (Å²) in [5, 5.41) is 10.7. The summed E-state index contributed by atoms with van der Waals surface area (Å²) in [7, 11) is 0. The summed E-state index contributed by atoms with van der Waals surface area (Å²) in [5.41, 5.74) is 0.376. The maximum absolute atomic E-state index is 12.2. The molecule has 0 N–H and O–H groups in total. The third kappa shape index (κ3) is 4.09. The minimum Gasteiger partial charge on any atom is -0.298 e. The molecule has 6 nitrogen and oxygen atoms in total. The maximum Gasteiger partial charge on any atom is 0.270 e. The number of hydrogen-bond acceptors (Lipinski definition) is 5. The Morgan fingerprint density at radius 2 is 1.95 bits per heavy atom. The second-order valence-corrected chi connectivity index (χ2v) is 5.64. The van der Waals surface area contributed by atoms with Gasteiger partial charge in [0.2, 0.25) is 0 Å². The van der Waals surface area contributed by atoms with E-state index in [1.807, 2.05) is 0 Å². The van der Waals surface area contributed by atoms with Crippen molar-refractivity contribution in [2.45, 2.75) is 19.9 Å². The first kappa shape index (κ1) is 15.6. The van der Waals surface area contributed by atoms with Gasteiger partial charge in [-0.05, 0) is 13.8 Å². The Labute approximate surface area is 124 Å². The molecule has 1 heterocycles. The Morgan fingerprint density at radius 1 is 1.29 bits per heavy atom. The van der Waals surface area contributed by atoms with Crippen molar-refractivity contribution in [2.24, 2.45) is 0 Å². The van der Waals surface area contributed by atoms with E-state index in [1.54, 1.807) is 12.1 Å². The van der Waals surface area contributed by atoms with Crippen molar-refractivity contribution in [1.29, 1.82) is 0 Å². The second kappa shape index (κ2) is 6.78. The number of hydrogen-bond donors (Lipinski definition) is 0. The summed E-state index contributed by atoms with van der Waals surface area (Å²) >= 11 is 0. The van der Waals surface area contributed by atoms with Crippen LogP contribution in [0.15, 0.2) is 24.3 Å². The Morgan fingerprint density at radius 3 is 2.52 bits per heavy atom. The van der Waals surface area contributed by atoms with Gasteiger partial charge in [0.05, 0.1) is 11.5 Å². The Kier molecular flexibility index (Phi) is 5.03. The van der Waals surface area contributed by atoms with Gasteiger partial charge >= 0.3 is 0 Å². The van der Waals surface area contributed by atoms with Gasteiger partial charge in [0.15, 0.2) is 5.78 Å². The first-order valence-corrected chi connectivity index (χ1v) is 7.21. The van der Waals surface area contributed by atoms with Crippen LogP contribution in [-0.2, 0) is 0 Å². The fourth-order valence-corrected chi connectivity index (χ4v) is 2.53. The Hall–Kier alpha value is -1.79. The van der Waals surface area contributed by atoms with Gasteiger partial charge in [-0.25, -0.2) is 0 Å². The van der Waals surface area contributed by atoms with E-state index >= 15 is 0 Å². The van der Waals surface area contributed by atoms with E-state index < -0.39 is 4.92 Å². The average Bonchev–Trinajstić information content (AvgIpc) is 2.48. The highest BCUT2D eigenvalue weighted by Crippen LogP contribution is 2.14. The molecule has 0 aromatic heterocycles. The highest BCUT2D eigenvalue weighted by molar-refractivity contribution is 5.98. The first-order valence-electron chi connectivity index (χ1n) is 7.21. The monoisotopic (exact) mass is 291 g/mol. The fourth-order valence-electron chi connectivity index (χ4n) is 2.53. The van der Waals surface area contributed by atoms with Crippen molar-refractivity contribution < 1.29 is 9.72 Å². The highest BCUT2D eigenvalue weighted by Gasteiger charge is 2.21. The topological polar surface area (TPSA) is 66.7 Å². The SMILES string of the molecule is CC(C)N1CCN(CC(=O)c2cccc([N+](=O)[O-])c2)CC1. The molecule has 21 heavy (non-hydrogen) atoms. The van der Waals surface area contributed by atoms with E-state index in [0.717, 1.165) is 26.2 Å². The summed E-state index contributed by atoms with van der Waals surface area (Å²) in [6.45, 7) is 8.30. The molecule has 0 unspecified atom stereocenters. The number of nitro benzene ring substituents is 1. The molecular weight excluding hydrogens is 270 g/mol. The maximum atomic E-state index is 12.2. The largest absolute Gasteiger partial charge is 0.298 e. The molecular formula is C15H21N3O3. The molecule has 0 atom stereocenters. The standard InChI is InChI=1S/C15H21N3O3/c1-12(2)17-8-6-16(7-9-17)11-15(19)13-4-3-5-14(10-13)18(20)21/h3-5,10,12H,6-9,11H2,1-2H3. The molecule has 1 aromatic rings. The van der Waals surface area contributed by atoms with Crippen LogP contribution in [0.3, 0.4) is 0 Å². The van der Waals surface area contributed by atoms with E-state index in [-0.39, 0.29) is 11.5 Å². The third-order valence-electron chi connectivity index (χ3n) is 3.88. The summed E-state index contributed by atoms with van der Waals surface area (Å²) in [6.07, 6.45) is 0. The van der Waals surface area contributed by atoms with Gasteiger partial charge < -0.3 is 0 Å². The highest BCUT2D eigenvalue weighted by atomic mass is 16.6. The zero-order chi connectivity index (χ0) is 15.4. The molecule has 0 spiro atoms. The number of carbonyl (C=O) groups excluding carboxylic acids is 1. The van der Waals surface area contributed by atoms with Gasteiger partial charge in [-0.3, -0.25) is 24.7 Å². The van der Waals surface area contributed by atoms with Gasteiger partial charge in [0.1, 0.15) is 0 Å². The smallest absolute Gasteiger partial charge is 0.270 e. The summed E-state index contributed by atoms with van der Waals surface area (Å²) in [4.78, 5) is 27.0. The summed E-state index contributed by atoms with van der Waals surface area (Å²) in [6, 6.07) is 6.48. The molecule has 1 aliphatic rings. The van der Waals surface area contributed by atoms with Crippen molar-refractivity contribution in [3.63, 3.8) is 0 Å². The van der Waals surface area contributed by atoms with Crippen LogP contribution in [0, 0.1) is 10.1 Å². The molecule has 1 aromatic carbocycles. The number of ketones is 1. The van der Waals surface area contributed by atoms with E-state index in [4.69, 9.17) is 0 Å². The number of rotatable bonds is 5. The van der Waals surface area contributed by atoms with Crippen molar-refractivity contribution in [3.05, 3.63) is 39.9 Å². The first-order chi connectivity index (χ1) is 9.97. The van der Waals surface area contributed by atoms with Crippen LogP contribution in [0.4, 0.5) is 5.69 Å². The minimum atomic E-state index is -0.474. The van der Waals surface area contributed by atoms with Crippen LogP contribution in [0.5, 0.6) is 0 Å². The molecule has 2 rings (SSSR count). The van der Waals surface area contributed by atoms with Crippen LogP contribution in [0.1, 0.15) is 24.2 Å². The molecule has 114 valence electrons. The summed E-state index contributed by atoms with van der Waals surface area (Å²) < 4.78 is 0. The molecule has 1 saturated heterocycles. The van der Waals surface area contributed by atoms with Gasteiger partial charge in [-0.2, -0.15) is 0 Å². The van der Waals surface area contributed by atoms with Crippen LogP contribution in [0.25, 0.3) is 0 Å². The lowest BCUT2D eigenvalue weighted by Gasteiger charge is -2.36. The number of nitrogens with zero attached hydrogens (tertiary/aromatic N) is 3. The Balaban J connectivity index is 1.93. The van der Waals surface area contributed by atoms with Gasteiger partial charge in [0.25, 0.3) is 5.69 Å².